The van der Waals surface area contributed by atoms with Crippen LogP contribution in [0.2, 0.25) is 0 Å². The summed E-state index contributed by atoms with van der Waals surface area (Å²) in [5, 5.41) is 0. The van der Waals surface area contributed by atoms with Gasteiger partial charge in [0.05, 0.1) is 11.5 Å². The molecule has 2 fully saturated rings. The lowest BCUT2D eigenvalue weighted by molar-refractivity contribution is -0.137. The molecule has 6 unspecified atom stereocenters. The number of amides is 1. The number of hydrogen-bond acceptors (Lipinski definition) is 3. The van der Waals surface area contributed by atoms with E-state index in [1.54, 1.807) is 0 Å². The predicted octanol–water partition coefficient (Wildman–Crippen LogP) is 4.09. The number of likely N-dealkylation sites (tertiary alicyclic amines) is 1. The Morgan fingerprint density at radius 3 is 2.35 bits per heavy atom. The molecule has 3 aliphatic heterocycles. The van der Waals surface area contributed by atoms with Crippen molar-refractivity contribution in [2.45, 2.75) is 57.8 Å². The van der Waals surface area contributed by atoms with Crippen molar-refractivity contribution in [1.82, 2.24) is 4.90 Å². The topological polar surface area (TPSA) is 58.7 Å². The molecular weight excluding hydrogens is 382 g/mol. The number of hydrogen-bond donors (Lipinski definition) is 1. The minimum absolute atomic E-state index is 0.00597. The number of carbonyl (C=O) groups excluding carboxylic acids is 1. The Kier molecular flexibility index (Phi) is 5.21. The van der Waals surface area contributed by atoms with Crippen molar-refractivity contribution in [2.75, 3.05) is 0 Å². The second-order valence-corrected chi connectivity index (χ2v) is 10.2. The van der Waals surface area contributed by atoms with Crippen LogP contribution in [0.4, 0.5) is 0 Å². The molecule has 0 aromatic heterocycles. The highest BCUT2D eigenvalue weighted by Gasteiger charge is 2.67. The summed E-state index contributed by atoms with van der Waals surface area (Å²) >= 11 is 0. The van der Waals surface area contributed by atoms with Gasteiger partial charge < -0.3 is 5.73 Å². The Bertz CT molecular complexity index is 957. The summed E-state index contributed by atoms with van der Waals surface area (Å²) in [6.07, 6.45) is 4.95. The number of nitrogens with two attached hydrogens (primary N) is 1. The summed E-state index contributed by atoms with van der Waals surface area (Å²) in [4.78, 5) is 20.7. The molecule has 2 aromatic rings. The zero-order valence-electron chi connectivity index (χ0n) is 18.5. The van der Waals surface area contributed by atoms with Crippen molar-refractivity contribution >= 4 is 12.1 Å². The van der Waals surface area contributed by atoms with E-state index in [1.807, 2.05) is 0 Å². The standard InChI is InChI=1S/C27H33N3O/c1-18(2)15-27(26(28)31)24-14-21-22(16-29-24)25(27)30(17-20-11-7-4-8-12-20)23(21)13-19-9-5-3-6-10-19/h3-12,16,18,21-25H,13-15,17H2,1-2H3,(H2,28,31). The maximum atomic E-state index is 13.2. The van der Waals surface area contributed by atoms with E-state index >= 15 is 0 Å². The molecule has 162 valence electrons. The second-order valence-electron chi connectivity index (χ2n) is 10.2. The van der Waals surface area contributed by atoms with Gasteiger partial charge in [-0.25, -0.2) is 0 Å². The Balaban J connectivity index is 1.59. The number of aliphatic imine (C=N–C) groups is 1. The van der Waals surface area contributed by atoms with E-state index in [4.69, 9.17) is 10.7 Å². The summed E-state index contributed by atoms with van der Waals surface area (Å²) in [6, 6.07) is 22.0. The van der Waals surface area contributed by atoms with Crippen molar-refractivity contribution in [2.24, 2.45) is 33.9 Å². The molecule has 4 bridgehead atoms. The third-order valence-electron chi connectivity index (χ3n) is 7.89. The van der Waals surface area contributed by atoms with Crippen LogP contribution in [0.3, 0.4) is 0 Å². The number of nitrogens with zero attached hydrogens (tertiary/aromatic N) is 2. The molecule has 4 aliphatic rings. The molecule has 4 heteroatoms. The van der Waals surface area contributed by atoms with Crippen LogP contribution in [0.25, 0.3) is 0 Å². The molecule has 6 rings (SSSR count). The minimum Gasteiger partial charge on any atom is -0.369 e. The van der Waals surface area contributed by atoms with Gasteiger partial charge in [-0.3, -0.25) is 14.7 Å². The van der Waals surface area contributed by atoms with E-state index in [9.17, 15) is 4.79 Å². The van der Waals surface area contributed by atoms with Crippen molar-refractivity contribution in [3.05, 3.63) is 71.8 Å². The number of benzene rings is 2. The van der Waals surface area contributed by atoms with Crippen LogP contribution in [-0.2, 0) is 17.8 Å². The zero-order valence-corrected chi connectivity index (χ0v) is 18.5. The highest BCUT2D eigenvalue weighted by Crippen LogP contribution is 2.58. The molecule has 1 aliphatic carbocycles. The molecule has 0 spiro atoms. The molecule has 1 amide bonds. The monoisotopic (exact) mass is 415 g/mol. The van der Waals surface area contributed by atoms with Crippen molar-refractivity contribution in [3.8, 4) is 0 Å². The fourth-order valence-electron chi connectivity index (χ4n) is 6.85. The second kappa shape index (κ2) is 7.90. The van der Waals surface area contributed by atoms with Crippen LogP contribution in [0.5, 0.6) is 0 Å². The lowest BCUT2D eigenvalue weighted by Gasteiger charge is -2.52. The first-order valence-electron chi connectivity index (χ1n) is 11.7. The van der Waals surface area contributed by atoms with Gasteiger partial charge in [-0.05, 0) is 42.2 Å². The summed E-state index contributed by atoms with van der Waals surface area (Å²) in [7, 11) is 0. The first kappa shape index (κ1) is 20.4. The molecule has 1 saturated carbocycles. The molecule has 1 saturated heterocycles. The lowest BCUT2D eigenvalue weighted by Crippen LogP contribution is -2.64. The Morgan fingerprint density at radius 2 is 1.74 bits per heavy atom. The summed E-state index contributed by atoms with van der Waals surface area (Å²) in [5.41, 5.74) is 8.31. The van der Waals surface area contributed by atoms with E-state index in [1.165, 1.54) is 11.1 Å². The molecular formula is C27H33N3O. The summed E-state index contributed by atoms with van der Waals surface area (Å²) < 4.78 is 0. The van der Waals surface area contributed by atoms with E-state index < -0.39 is 5.41 Å². The molecule has 4 nitrogen and oxygen atoms in total. The smallest absolute Gasteiger partial charge is 0.227 e. The SMILES string of the molecule is CC(C)CC1(C(N)=O)C2CC3C(C=N2)C1N(Cc1ccccc1)C3Cc1ccccc1. The van der Waals surface area contributed by atoms with Crippen LogP contribution < -0.4 is 5.73 Å². The van der Waals surface area contributed by atoms with Gasteiger partial charge in [-0.2, -0.15) is 0 Å². The first-order valence-corrected chi connectivity index (χ1v) is 11.7. The Labute approximate surface area is 185 Å². The summed E-state index contributed by atoms with van der Waals surface area (Å²) in [6.45, 7) is 5.25. The van der Waals surface area contributed by atoms with Gasteiger partial charge in [0.25, 0.3) is 0 Å². The fraction of sp³-hybridized carbons (Fsp3) is 0.481. The number of primary amides is 1. The van der Waals surface area contributed by atoms with Gasteiger partial charge in [-0.15, -0.1) is 0 Å². The van der Waals surface area contributed by atoms with Crippen LogP contribution in [0.1, 0.15) is 37.8 Å². The summed E-state index contributed by atoms with van der Waals surface area (Å²) in [5.74, 6) is 1.06. The third kappa shape index (κ3) is 3.32. The lowest BCUT2D eigenvalue weighted by atomic mass is 9.56. The highest BCUT2D eigenvalue weighted by atomic mass is 16.1. The first-order chi connectivity index (χ1) is 15.0. The van der Waals surface area contributed by atoms with Gasteiger partial charge in [-0.1, -0.05) is 74.5 Å². The van der Waals surface area contributed by atoms with Crippen molar-refractivity contribution < 1.29 is 4.79 Å². The normalized spacial score (nSPS) is 33.8. The van der Waals surface area contributed by atoms with Crippen molar-refractivity contribution in [3.63, 3.8) is 0 Å². The molecule has 31 heavy (non-hydrogen) atoms. The van der Waals surface area contributed by atoms with E-state index in [0.29, 0.717) is 23.8 Å². The van der Waals surface area contributed by atoms with E-state index in [2.05, 4.69) is 85.6 Å². The van der Waals surface area contributed by atoms with E-state index in [-0.39, 0.29) is 18.0 Å². The van der Waals surface area contributed by atoms with Crippen molar-refractivity contribution in [1.29, 1.82) is 0 Å². The fourth-order valence-corrected chi connectivity index (χ4v) is 6.85. The maximum absolute atomic E-state index is 13.2. The molecule has 2 N–H and O–H groups in total. The van der Waals surface area contributed by atoms with Gasteiger partial charge in [0.1, 0.15) is 0 Å². The maximum Gasteiger partial charge on any atom is 0.227 e. The number of rotatable bonds is 7. The predicted molar refractivity (Wildman–Crippen MR) is 125 cm³/mol. The third-order valence-corrected chi connectivity index (χ3v) is 7.89. The van der Waals surface area contributed by atoms with Crippen LogP contribution >= 0.6 is 0 Å². The average molecular weight is 416 g/mol. The molecule has 2 aromatic carbocycles. The van der Waals surface area contributed by atoms with Gasteiger partial charge in [0, 0.05) is 30.8 Å². The van der Waals surface area contributed by atoms with Gasteiger partial charge in [0.15, 0.2) is 0 Å². The molecule has 6 atom stereocenters. The minimum atomic E-state index is -0.579. The zero-order chi connectivity index (χ0) is 21.6. The highest BCUT2D eigenvalue weighted by molar-refractivity contribution is 5.86. The van der Waals surface area contributed by atoms with Crippen LogP contribution in [-0.4, -0.2) is 35.1 Å². The van der Waals surface area contributed by atoms with E-state index in [0.717, 1.165) is 25.8 Å². The van der Waals surface area contributed by atoms with Gasteiger partial charge >= 0.3 is 0 Å². The average Bonchev–Trinajstić information content (AvgIpc) is 3.02. The van der Waals surface area contributed by atoms with Crippen LogP contribution in [0.15, 0.2) is 65.7 Å². The van der Waals surface area contributed by atoms with Gasteiger partial charge in [0.2, 0.25) is 5.91 Å². The largest absolute Gasteiger partial charge is 0.369 e. The Morgan fingerprint density at radius 1 is 1.10 bits per heavy atom. The number of carbonyl (C=O) groups is 1. The molecule has 0 radical (unpaired) electrons. The quantitative estimate of drug-likeness (QED) is 0.740. The Hall–Kier alpha value is -2.46. The molecule has 3 heterocycles. The van der Waals surface area contributed by atoms with Crippen LogP contribution in [0, 0.1) is 23.2 Å².